The minimum absolute atomic E-state index is 0.0126. The van der Waals surface area contributed by atoms with Crippen LogP contribution in [0.1, 0.15) is 39.1 Å². The molecular weight excluding hydrogens is 428 g/mol. The third-order valence-electron chi connectivity index (χ3n) is 5.80. The van der Waals surface area contributed by atoms with E-state index in [0.29, 0.717) is 28.2 Å². The molecule has 0 aromatic heterocycles. The molecule has 0 saturated carbocycles. The Kier molecular flexibility index (Phi) is 7.22. The molecule has 3 N–H and O–H groups in total. The summed E-state index contributed by atoms with van der Waals surface area (Å²) in [5.41, 5.74) is 3.54. The van der Waals surface area contributed by atoms with Crippen molar-refractivity contribution < 1.29 is 14.4 Å². The molecular formula is C27H28N4O3. The molecule has 0 aliphatic carbocycles. The molecule has 174 valence electrons. The molecule has 1 aliphatic rings. The monoisotopic (exact) mass is 456 g/mol. The third kappa shape index (κ3) is 5.43. The van der Waals surface area contributed by atoms with E-state index >= 15 is 0 Å². The highest BCUT2D eigenvalue weighted by molar-refractivity contribution is 6.10. The number of amides is 3. The molecule has 0 atom stereocenters. The van der Waals surface area contributed by atoms with Crippen LogP contribution in [0.5, 0.6) is 0 Å². The van der Waals surface area contributed by atoms with Crippen LogP contribution in [0.25, 0.3) is 0 Å². The first-order valence-corrected chi connectivity index (χ1v) is 11.4. The summed E-state index contributed by atoms with van der Waals surface area (Å²) in [7, 11) is 0. The Morgan fingerprint density at radius 2 is 1.47 bits per heavy atom. The lowest BCUT2D eigenvalue weighted by atomic mass is 10.0. The fourth-order valence-electron chi connectivity index (χ4n) is 4.06. The number of carbonyl (C=O) groups is 3. The zero-order valence-corrected chi connectivity index (χ0v) is 19.1. The molecule has 0 bridgehead atoms. The Morgan fingerprint density at radius 1 is 0.794 bits per heavy atom. The number of para-hydroxylation sites is 2. The van der Waals surface area contributed by atoms with E-state index in [-0.39, 0.29) is 24.3 Å². The second-order valence-electron chi connectivity index (χ2n) is 8.26. The second-order valence-corrected chi connectivity index (χ2v) is 8.26. The summed E-state index contributed by atoms with van der Waals surface area (Å²) in [6, 6.07) is 21.6. The van der Waals surface area contributed by atoms with Crippen molar-refractivity contribution in [2.45, 2.75) is 19.8 Å². The Balaban J connectivity index is 1.43. The Bertz CT molecular complexity index is 1190. The van der Waals surface area contributed by atoms with Crippen LogP contribution in [0, 0.1) is 6.92 Å². The van der Waals surface area contributed by atoms with Gasteiger partial charge in [0.1, 0.15) is 0 Å². The van der Waals surface area contributed by atoms with Crippen LogP contribution < -0.4 is 16.0 Å². The standard InChI is InChI=1S/C27H28N4O3/c1-19-10-9-15-23(25(19)27(34)31-16-7-8-17-31)28-18-24(32)30-22-14-6-5-13-21(22)26(33)29-20-11-3-2-4-12-20/h2-6,9-15,28H,7-8,16-18H2,1H3,(H,29,33)(H,30,32). The van der Waals surface area contributed by atoms with Gasteiger partial charge in [-0.3, -0.25) is 14.4 Å². The van der Waals surface area contributed by atoms with Gasteiger partial charge in [0.05, 0.1) is 23.4 Å². The lowest BCUT2D eigenvalue weighted by Crippen LogP contribution is -2.30. The van der Waals surface area contributed by atoms with Gasteiger partial charge in [0.15, 0.2) is 0 Å². The van der Waals surface area contributed by atoms with Crippen molar-refractivity contribution in [2.24, 2.45) is 0 Å². The highest BCUT2D eigenvalue weighted by Gasteiger charge is 2.23. The summed E-state index contributed by atoms with van der Waals surface area (Å²) in [6.45, 7) is 3.37. The zero-order chi connectivity index (χ0) is 23.9. The SMILES string of the molecule is Cc1cccc(NCC(=O)Nc2ccccc2C(=O)Nc2ccccc2)c1C(=O)N1CCCC1. The van der Waals surface area contributed by atoms with Crippen LogP contribution >= 0.6 is 0 Å². The normalized spacial score (nSPS) is 12.8. The van der Waals surface area contributed by atoms with Crippen LogP contribution in [-0.4, -0.2) is 42.3 Å². The minimum atomic E-state index is -0.318. The number of benzene rings is 3. The Hall–Kier alpha value is -4.13. The highest BCUT2D eigenvalue weighted by atomic mass is 16.2. The van der Waals surface area contributed by atoms with Gasteiger partial charge in [-0.05, 0) is 55.7 Å². The van der Waals surface area contributed by atoms with Crippen LogP contribution in [0.15, 0.2) is 72.8 Å². The molecule has 4 rings (SSSR count). The molecule has 1 fully saturated rings. The lowest BCUT2D eigenvalue weighted by Gasteiger charge is -2.20. The molecule has 7 nitrogen and oxygen atoms in total. The van der Waals surface area contributed by atoms with Gasteiger partial charge in [0.25, 0.3) is 11.8 Å². The minimum Gasteiger partial charge on any atom is -0.375 e. The number of nitrogens with one attached hydrogen (secondary N) is 3. The van der Waals surface area contributed by atoms with Gasteiger partial charge in [0.2, 0.25) is 5.91 Å². The van der Waals surface area contributed by atoms with E-state index < -0.39 is 0 Å². The molecule has 3 amide bonds. The number of likely N-dealkylation sites (tertiary alicyclic amines) is 1. The van der Waals surface area contributed by atoms with Crippen LogP contribution in [0.2, 0.25) is 0 Å². The van der Waals surface area contributed by atoms with E-state index in [1.54, 1.807) is 36.4 Å². The predicted octanol–water partition coefficient (Wildman–Crippen LogP) is 4.53. The topological polar surface area (TPSA) is 90.5 Å². The summed E-state index contributed by atoms with van der Waals surface area (Å²) in [5, 5.41) is 8.75. The van der Waals surface area contributed by atoms with E-state index in [2.05, 4.69) is 16.0 Å². The van der Waals surface area contributed by atoms with Crippen LogP contribution in [0.3, 0.4) is 0 Å². The van der Waals surface area contributed by atoms with Crippen LogP contribution in [0.4, 0.5) is 17.1 Å². The molecule has 1 heterocycles. The second kappa shape index (κ2) is 10.7. The number of hydrogen-bond donors (Lipinski definition) is 3. The zero-order valence-electron chi connectivity index (χ0n) is 19.1. The largest absolute Gasteiger partial charge is 0.375 e. The van der Waals surface area contributed by atoms with Crippen molar-refractivity contribution in [2.75, 3.05) is 35.6 Å². The number of nitrogens with zero attached hydrogens (tertiary/aromatic N) is 1. The average molecular weight is 457 g/mol. The van der Waals surface area contributed by atoms with Gasteiger partial charge in [-0.15, -0.1) is 0 Å². The predicted molar refractivity (Wildman–Crippen MR) is 134 cm³/mol. The van der Waals surface area contributed by atoms with Gasteiger partial charge in [0, 0.05) is 24.5 Å². The molecule has 0 radical (unpaired) electrons. The van der Waals surface area contributed by atoms with E-state index in [0.717, 1.165) is 31.5 Å². The number of hydrogen-bond acceptors (Lipinski definition) is 4. The fourth-order valence-corrected chi connectivity index (χ4v) is 4.06. The molecule has 3 aromatic rings. The summed E-state index contributed by atoms with van der Waals surface area (Å²) >= 11 is 0. The molecule has 0 unspecified atom stereocenters. The maximum atomic E-state index is 13.0. The number of rotatable bonds is 7. The summed E-state index contributed by atoms with van der Waals surface area (Å²) in [4.78, 5) is 40.4. The number of aryl methyl sites for hydroxylation is 1. The molecule has 7 heteroatoms. The molecule has 1 aliphatic heterocycles. The first-order valence-electron chi connectivity index (χ1n) is 11.4. The Labute approximate surface area is 199 Å². The van der Waals surface area contributed by atoms with Gasteiger partial charge in [-0.25, -0.2) is 0 Å². The van der Waals surface area contributed by atoms with Crippen molar-refractivity contribution in [3.63, 3.8) is 0 Å². The summed E-state index contributed by atoms with van der Waals surface area (Å²) in [6.07, 6.45) is 2.03. The number of carbonyl (C=O) groups excluding carboxylic acids is 3. The summed E-state index contributed by atoms with van der Waals surface area (Å²) < 4.78 is 0. The number of anilines is 3. The summed E-state index contributed by atoms with van der Waals surface area (Å²) in [5.74, 6) is -0.644. The maximum Gasteiger partial charge on any atom is 0.257 e. The Morgan fingerprint density at radius 3 is 2.24 bits per heavy atom. The van der Waals surface area contributed by atoms with Gasteiger partial charge in [-0.2, -0.15) is 0 Å². The smallest absolute Gasteiger partial charge is 0.257 e. The first-order chi connectivity index (χ1) is 16.5. The van der Waals surface area contributed by atoms with Crippen molar-refractivity contribution in [3.05, 3.63) is 89.5 Å². The first kappa shape index (κ1) is 23.0. The molecule has 3 aromatic carbocycles. The van der Waals surface area contributed by atoms with E-state index in [9.17, 15) is 14.4 Å². The quantitative estimate of drug-likeness (QED) is 0.487. The van der Waals surface area contributed by atoms with E-state index in [1.807, 2.05) is 48.2 Å². The van der Waals surface area contributed by atoms with E-state index in [1.165, 1.54) is 0 Å². The molecule has 34 heavy (non-hydrogen) atoms. The molecule has 0 spiro atoms. The van der Waals surface area contributed by atoms with Crippen LogP contribution in [-0.2, 0) is 4.79 Å². The van der Waals surface area contributed by atoms with Crippen molar-refractivity contribution >= 4 is 34.8 Å². The van der Waals surface area contributed by atoms with E-state index in [4.69, 9.17) is 0 Å². The van der Waals surface area contributed by atoms with Gasteiger partial charge >= 0.3 is 0 Å². The van der Waals surface area contributed by atoms with Crippen molar-refractivity contribution in [1.29, 1.82) is 0 Å². The fraction of sp³-hybridized carbons (Fsp3) is 0.222. The van der Waals surface area contributed by atoms with Crippen molar-refractivity contribution in [3.8, 4) is 0 Å². The lowest BCUT2D eigenvalue weighted by molar-refractivity contribution is -0.114. The van der Waals surface area contributed by atoms with Gasteiger partial charge in [-0.1, -0.05) is 42.5 Å². The highest BCUT2D eigenvalue weighted by Crippen LogP contribution is 2.24. The molecule has 1 saturated heterocycles. The van der Waals surface area contributed by atoms with Gasteiger partial charge < -0.3 is 20.9 Å². The average Bonchev–Trinajstić information content (AvgIpc) is 3.38. The van der Waals surface area contributed by atoms with Crippen molar-refractivity contribution in [1.82, 2.24) is 4.90 Å². The third-order valence-corrected chi connectivity index (χ3v) is 5.80. The maximum absolute atomic E-state index is 13.0.